The Morgan fingerprint density at radius 3 is 2.82 bits per heavy atom. The van der Waals surface area contributed by atoms with Crippen LogP contribution < -0.4 is 5.32 Å². The molecule has 1 saturated heterocycles. The third-order valence-electron chi connectivity index (χ3n) is 3.67. The van der Waals surface area contributed by atoms with E-state index in [0.29, 0.717) is 13.3 Å². The predicted molar refractivity (Wildman–Crippen MR) is 90.6 cm³/mol. The van der Waals surface area contributed by atoms with Gasteiger partial charge in [0.15, 0.2) is 3.95 Å². The molecule has 124 valence electrons. The molecule has 8 heteroatoms. The lowest BCUT2D eigenvalue weighted by atomic mass is 9.97. The Hall–Kier alpha value is -0.990. The lowest BCUT2D eigenvalue weighted by Gasteiger charge is -2.30. The molecule has 22 heavy (non-hydrogen) atoms. The van der Waals surface area contributed by atoms with Crippen LogP contribution in [0.2, 0.25) is 0 Å². The van der Waals surface area contributed by atoms with E-state index in [-0.39, 0.29) is 11.9 Å². The van der Waals surface area contributed by atoms with Gasteiger partial charge in [-0.25, -0.2) is 4.68 Å². The molecule has 2 rings (SSSR count). The zero-order valence-electron chi connectivity index (χ0n) is 13.2. The average Bonchev–Trinajstić information content (AvgIpc) is 2.86. The molecular weight excluding hydrogens is 320 g/mol. The highest BCUT2D eigenvalue weighted by Crippen LogP contribution is 2.20. The third kappa shape index (κ3) is 4.76. The van der Waals surface area contributed by atoms with Crippen molar-refractivity contribution in [2.45, 2.75) is 39.8 Å². The largest absolute Gasteiger partial charge is 0.466 e. The molecule has 1 aromatic rings. The van der Waals surface area contributed by atoms with Crippen molar-refractivity contribution in [2.24, 2.45) is 5.92 Å². The number of carbonyl (C=O) groups excluding carboxylic acids is 1. The number of likely N-dealkylation sites (tertiary alicyclic amines) is 1. The molecule has 0 amide bonds. The zero-order chi connectivity index (χ0) is 15.9. The first-order valence-corrected chi connectivity index (χ1v) is 9.07. The van der Waals surface area contributed by atoms with Crippen molar-refractivity contribution in [3.8, 4) is 0 Å². The number of aromatic nitrogens is 2. The Balaban J connectivity index is 1.84. The highest BCUT2D eigenvalue weighted by atomic mass is 32.1. The molecule has 6 nitrogen and oxygen atoms in total. The van der Waals surface area contributed by atoms with Gasteiger partial charge in [-0.05, 0) is 38.4 Å². The topological polar surface area (TPSA) is 59.4 Å². The molecule has 1 aliphatic rings. The van der Waals surface area contributed by atoms with E-state index in [2.05, 4.69) is 22.2 Å². The van der Waals surface area contributed by atoms with Crippen molar-refractivity contribution in [3.05, 3.63) is 3.95 Å². The van der Waals surface area contributed by atoms with Crippen LogP contribution in [0.1, 0.15) is 33.1 Å². The first-order valence-electron chi connectivity index (χ1n) is 7.84. The Bertz CT molecular complexity index is 535. The van der Waals surface area contributed by atoms with Gasteiger partial charge in [-0.2, -0.15) is 0 Å². The van der Waals surface area contributed by atoms with Crippen LogP contribution in [-0.4, -0.2) is 46.9 Å². The molecule has 0 radical (unpaired) electrons. The number of hydrogen-bond donors (Lipinski definition) is 1. The lowest BCUT2D eigenvalue weighted by molar-refractivity contribution is -0.149. The fourth-order valence-electron chi connectivity index (χ4n) is 2.46. The summed E-state index contributed by atoms with van der Waals surface area (Å²) in [5.41, 5.74) is 0. The summed E-state index contributed by atoms with van der Waals surface area (Å²) in [7, 11) is 0. The van der Waals surface area contributed by atoms with Crippen LogP contribution in [-0.2, 0) is 16.2 Å². The molecule has 2 heterocycles. The van der Waals surface area contributed by atoms with Gasteiger partial charge in [-0.3, -0.25) is 9.69 Å². The molecule has 0 bridgehead atoms. The van der Waals surface area contributed by atoms with Gasteiger partial charge >= 0.3 is 5.97 Å². The maximum absolute atomic E-state index is 11.7. The second-order valence-corrected chi connectivity index (χ2v) is 7.01. The van der Waals surface area contributed by atoms with Gasteiger partial charge in [0, 0.05) is 19.6 Å². The molecule has 0 saturated carbocycles. The van der Waals surface area contributed by atoms with E-state index in [1.807, 2.05) is 11.6 Å². The highest BCUT2D eigenvalue weighted by molar-refractivity contribution is 7.73. The monoisotopic (exact) mass is 344 g/mol. The van der Waals surface area contributed by atoms with Gasteiger partial charge in [-0.1, -0.05) is 18.3 Å². The average molecular weight is 345 g/mol. The van der Waals surface area contributed by atoms with E-state index in [0.717, 1.165) is 48.0 Å². The van der Waals surface area contributed by atoms with Crippen molar-refractivity contribution in [2.75, 3.05) is 31.6 Å². The molecule has 1 N–H and O–H groups in total. The van der Waals surface area contributed by atoms with Crippen LogP contribution in [0, 0.1) is 9.87 Å². The number of anilines is 1. The minimum atomic E-state index is -0.0570. The summed E-state index contributed by atoms with van der Waals surface area (Å²) >= 11 is 6.88. The van der Waals surface area contributed by atoms with E-state index < -0.39 is 0 Å². The first-order chi connectivity index (χ1) is 10.6. The number of esters is 1. The number of hydrogen-bond acceptors (Lipinski definition) is 7. The molecule has 0 unspecified atom stereocenters. The standard InChI is InChI=1S/C14H24N4O2S2/c1-3-7-15-13-16-18(14(21)22-13)10-17-8-5-11(6-9-17)12(19)20-4-2/h11H,3-10H2,1-2H3,(H,15,16). The Morgan fingerprint density at radius 2 is 2.18 bits per heavy atom. The number of nitrogens with zero attached hydrogens (tertiary/aromatic N) is 3. The van der Waals surface area contributed by atoms with Crippen molar-refractivity contribution in [1.82, 2.24) is 14.7 Å². The van der Waals surface area contributed by atoms with E-state index >= 15 is 0 Å². The summed E-state index contributed by atoms with van der Waals surface area (Å²) in [4.78, 5) is 14.0. The van der Waals surface area contributed by atoms with Gasteiger partial charge < -0.3 is 10.1 Å². The van der Waals surface area contributed by atoms with E-state index in [1.54, 1.807) is 0 Å². The number of ether oxygens (including phenoxy) is 1. The normalized spacial score (nSPS) is 16.6. The Kier molecular flexibility index (Phi) is 6.78. The SMILES string of the molecule is CCCNc1nn(CN2CCC(C(=O)OCC)CC2)c(=S)s1. The second-order valence-electron chi connectivity index (χ2n) is 5.39. The smallest absolute Gasteiger partial charge is 0.309 e. The Morgan fingerprint density at radius 1 is 1.45 bits per heavy atom. The number of piperidine rings is 1. The van der Waals surface area contributed by atoms with Crippen molar-refractivity contribution in [1.29, 1.82) is 0 Å². The summed E-state index contributed by atoms with van der Waals surface area (Å²) in [5.74, 6) is -0.0140. The molecule has 0 aromatic carbocycles. The number of nitrogens with one attached hydrogen (secondary N) is 1. The van der Waals surface area contributed by atoms with Gasteiger partial charge in [0.05, 0.1) is 19.2 Å². The van der Waals surface area contributed by atoms with Crippen molar-refractivity contribution in [3.63, 3.8) is 0 Å². The summed E-state index contributed by atoms with van der Waals surface area (Å²) < 4.78 is 7.74. The van der Waals surface area contributed by atoms with Gasteiger partial charge in [0.1, 0.15) is 0 Å². The molecule has 1 fully saturated rings. The van der Waals surface area contributed by atoms with Crippen molar-refractivity contribution >= 4 is 34.7 Å². The highest BCUT2D eigenvalue weighted by Gasteiger charge is 2.26. The number of rotatable bonds is 7. The summed E-state index contributed by atoms with van der Waals surface area (Å²) in [6, 6.07) is 0. The molecule has 0 spiro atoms. The van der Waals surface area contributed by atoms with Crippen LogP contribution >= 0.6 is 23.6 Å². The van der Waals surface area contributed by atoms with Crippen LogP contribution in [0.3, 0.4) is 0 Å². The minimum Gasteiger partial charge on any atom is -0.466 e. The van der Waals surface area contributed by atoms with Crippen LogP contribution in [0.4, 0.5) is 5.13 Å². The van der Waals surface area contributed by atoms with Crippen LogP contribution in [0.15, 0.2) is 0 Å². The molecule has 1 aromatic heterocycles. The second kappa shape index (κ2) is 8.59. The van der Waals surface area contributed by atoms with E-state index in [1.165, 1.54) is 11.3 Å². The lowest BCUT2D eigenvalue weighted by Crippen LogP contribution is -2.38. The maximum Gasteiger partial charge on any atom is 0.309 e. The predicted octanol–water partition coefficient (Wildman–Crippen LogP) is 2.73. The van der Waals surface area contributed by atoms with E-state index in [4.69, 9.17) is 17.0 Å². The number of carbonyl (C=O) groups is 1. The quantitative estimate of drug-likeness (QED) is 0.606. The Labute approximate surface area is 140 Å². The fraction of sp³-hybridized carbons (Fsp3) is 0.786. The molecule has 0 aliphatic carbocycles. The first kappa shape index (κ1) is 17.4. The summed E-state index contributed by atoms with van der Waals surface area (Å²) in [6.45, 7) is 7.78. The maximum atomic E-state index is 11.7. The molecule has 1 aliphatic heterocycles. The van der Waals surface area contributed by atoms with E-state index in [9.17, 15) is 4.79 Å². The van der Waals surface area contributed by atoms with Gasteiger partial charge in [0.2, 0.25) is 5.13 Å². The zero-order valence-corrected chi connectivity index (χ0v) is 14.8. The minimum absolute atomic E-state index is 0.0430. The van der Waals surface area contributed by atoms with Gasteiger partial charge in [0.25, 0.3) is 0 Å². The summed E-state index contributed by atoms with van der Waals surface area (Å²) in [5, 5.41) is 8.66. The van der Waals surface area contributed by atoms with Gasteiger partial charge in [-0.15, -0.1) is 5.10 Å². The molecule has 0 atom stereocenters. The molecular formula is C14H24N4O2S2. The van der Waals surface area contributed by atoms with Crippen molar-refractivity contribution < 1.29 is 9.53 Å². The third-order valence-corrected chi connectivity index (χ3v) is 4.94. The van der Waals surface area contributed by atoms with Crippen LogP contribution in [0.5, 0.6) is 0 Å². The summed E-state index contributed by atoms with van der Waals surface area (Å²) in [6.07, 6.45) is 2.75. The fourth-order valence-corrected chi connectivity index (χ4v) is 3.48. The van der Waals surface area contributed by atoms with Crippen LogP contribution in [0.25, 0.3) is 0 Å².